The van der Waals surface area contributed by atoms with Gasteiger partial charge in [-0.25, -0.2) is 0 Å². The molecule has 0 unspecified atom stereocenters. The van der Waals surface area contributed by atoms with E-state index in [9.17, 15) is 0 Å². The van der Waals surface area contributed by atoms with Crippen LogP contribution in [0.15, 0.2) is 18.3 Å². The number of nitrogens with zero attached hydrogens (tertiary/aromatic N) is 1. The molecule has 0 spiro atoms. The van der Waals surface area contributed by atoms with Gasteiger partial charge in [-0.15, -0.1) is 0 Å². The molecule has 0 radical (unpaired) electrons. The second-order valence-electron chi connectivity index (χ2n) is 3.75. The summed E-state index contributed by atoms with van der Waals surface area (Å²) in [6.45, 7) is 3.71. The van der Waals surface area contributed by atoms with Gasteiger partial charge >= 0.3 is 0 Å². The maximum Gasteiger partial charge on any atom is 0.0852 e. The number of hydrogen-bond donors (Lipinski definition) is 1. The molecular weight excluding hydrogens is 166 g/mol. The van der Waals surface area contributed by atoms with Gasteiger partial charge in [0, 0.05) is 11.6 Å². The van der Waals surface area contributed by atoms with E-state index in [-0.39, 0.29) is 12.0 Å². The van der Waals surface area contributed by atoms with Gasteiger partial charge in [0.25, 0.3) is 0 Å². The molecule has 2 rings (SSSR count). The molecule has 1 aromatic rings. The van der Waals surface area contributed by atoms with E-state index in [1.807, 2.05) is 18.3 Å². The molecule has 0 aromatic carbocycles. The first-order chi connectivity index (χ1) is 6.24. The van der Waals surface area contributed by atoms with Crippen molar-refractivity contribution < 1.29 is 9.84 Å². The number of rotatable bonds is 2. The summed E-state index contributed by atoms with van der Waals surface area (Å²) < 4.78 is 5.17. The van der Waals surface area contributed by atoms with Crippen LogP contribution in [0.5, 0.6) is 0 Å². The van der Waals surface area contributed by atoms with Gasteiger partial charge in [0.05, 0.1) is 25.5 Å². The second kappa shape index (κ2) is 3.09. The van der Waals surface area contributed by atoms with Crippen molar-refractivity contribution in [2.75, 3.05) is 13.2 Å². The SMILES string of the molecule is CC1(c2ccc(CO)nc2)COC1. The third-order valence-corrected chi connectivity index (χ3v) is 2.52. The fraction of sp³-hybridized carbons (Fsp3) is 0.500. The molecule has 0 bridgehead atoms. The van der Waals surface area contributed by atoms with Crippen LogP contribution in [-0.2, 0) is 16.8 Å². The fourth-order valence-electron chi connectivity index (χ4n) is 1.45. The normalized spacial score (nSPS) is 19.5. The molecule has 1 N–H and O–H groups in total. The van der Waals surface area contributed by atoms with Crippen LogP contribution in [0.4, 0.5) is 0 Å². The summed E-state index contributed by atoms with van der Waals surface area (Å²) in [5, 5.41) is 8.82. The third kappa shape index (κ3) is 1.45. The highest BCUT2D eigenvalue weighted by Crippen LogP contribution is 2.30. The Morgan fingerprint density at radius 1 is 1.54 bits per heavy atom. The molecule has 1 fully saturated rings. The van der Waals surface area contributed by atoms with E-state index < -0.39 is 0 Å². The van der Waals surface area contributed by atoms with E-state index in [0.29, 0.717) is 5.69 Å². The van der Waals surface area contributed by atoms with Crippen LogP contribution in [0, 0.1) is 0 Å². The number of aromatic nitrogens is 1. The predicted octanol–water partition coefficient (Wildman–Crippen LogP) is 0.862. The van der Waals surface area contributed by atoms with Crippen LogP contribution in [0.1, 0.15) is 18.2 Å². The minimum Gasteiger partial charge on any atom is -0.390 e. The van der Waals surface area contributed by atoms with Crippen LogP contribution in [-0.4, -0.2) is 23.3 Å². The maximum absolute atomic E-state index is 8.82. The van der Waals surface area contributed by atoms with Gasteiger partial charge in [-0.3, -0.25) is 4.98 Å². The fourth-order valence-corrected chi connectivity index (χ4v) is 1.45. The van der Waals surface area contributed by atoms with Gasteiger partial charge in [-0.05, 0) is 11.6 Å². The molecule has 0 atom stereocenters. The summed E-state index contributed by atoms with van der Waals surface area (Å²) >= 11 is 0. The number of aliphatic hydroxyl groups excluding tert-OH is 1. The van der Waals surface area contributed by atoms with Crippen LogP contribution < -0.4 is 0 Å². The Morgan fingerprint density at radius 2 is 2.31 bits per heavy atom. The van der Waals surface area contributed by atoms with Gasteiger partial charge in [0.2, 0.25) is 0 Å². The lowest BCUT2D eigenvalue weighted by Crippen LogP contribution is -2.43. The molecule has 0 saturated carbocycles. The highest BCUT2D eigenvalue weighted by Gasteiger charge is 2.35. The molecule has 3 heteroatoms. The maximum atomic E-state index is 8.82. The van der Waals surface area contributed by atoms with Crippen molar-refractivity contribution in [3.05, 3.63) is 29.6 Å². The van der Waals surface area contributed by atoms with Crippen molar-refractivity contribution >= 4 is 0 Å². The molecule has 1 aromatic heterocycles. The number of ether oxygens (including phenoxy) is 1. The third-order valence-electron chi connectivity index (χ3n) is 2.52. The summed E-state index contributed by atoms with van der Waals surface area (Å²) in [6.07, 6.45) is 1.83. The average Bonchev–Trinajstić information content (AvgIpc) is 2.14. The monoisotopic (exact) mass is 179 g/mol. The molecular formula is C10H13NO2. The molecule has 13 heavy (non-hydrogen) atoms. The van der Waals surface area contributed by atoms with Crippen molar-refractivity contribution in [1.82, 2.24) is 4.98 Å². The molecule has 0 amide bonds. The van der Waals surface area contributed by atoms with E-state index in [4.69, 9.17) is 9.84 Å². The lowest BCUT2D eigenvalue weighted by molar-refractivity contribution is -0.0501. The molecule has 0 aliphatic carbocycles. The van der Waals surface area contributed by atoms with Gasteiger partial charge in [0.1, 0.15) is 0 Å². The molecule has 3 nitrogen and oxygen atoms in total. The zero-order chi connectivity index (χ0) is 9.31. The topological polar surface area (TPSA) is 42.4 Å². The lowest BCUT2D eigenvalue weighted by atomic mass is 9.82. The number of hydrogen-bond acceptors (Lipinski definition) is 3. The smallest absolute Gasteiger partial charge is 0.0852 e. The first kappa shape index (κ1) is 8.66. The Morgan fingerprint density at radius 3 is 2.69 bits per heavy atom. The van der Waals surface area contributed by atoms with Gasteiger partial charge in [-0.2, -0.15) is 0 Å². The zero-order valence-corrected chi connectivity index (χ0v) is 7.66. The number of aliphatic hydroxyl groups is 1. The van der Waals surface area contributed by atoms with E-state index in [2.05, 4.69) is 11.9 Å². The van der Waals surface area contributed by atoms with E-state index in [0.717, 1.165) is 13.2 Å². The Bertz CT molecular complexity index is 290. The van der Waals surface area contributed by atoms with Crippen molar-refractivity contribution in [1.29, 1.82) is 0 Å². The van der Waals surface area contributed by atoms with Crippen molar-refractivity contribution in [2.45, 2.75) is 18.9 Å². The van der Waals surface area contributed by atoms with Crippen LogP contribution in [0.2, 0.25) is 0 Å². The Balaban J connectivity index is 2.22. The second-order valence-corrected chi connectivity index (χ2v) is 3.75. The van der Waals surface area contributed by atoms with Crippen LogP contribution >= 0.6 is 0 Å². The van der Waals surface area contributed by atoms with Crippen molar-refractivity contribution in [3.8, 4) is 0 Å². The summed E-state index contributed by atoms with van der Waals surface area (Å²) in [4.78, 5) is 4.14. The molecule has 70 valence electrons. The largest absolute Gasteiger partial charge is 0.390 e. The Hall–Kier alpha value is -0.930. The van der Waals surface area contributed by atoms with Crippen molar-refractivity contribution in [3.63, 3.8) is 0 Å². The first-order valence-corrected chi connectivity index (χ1v) is 4.39. The van der Waals surface area contributed by atoms with Crippen LogP contribution in [0.25, 0.3) is 0 Å². The quantitative estimate of drug-likeness (QED) is 0.732. The molecule has 1 saturated heterocycles. The highest BCUT2D eigenvalue weighted by molar-refractivity contribution is 5.25. The minimum absolute atomic E-state index is 0.00743. The highest BCUT2D eigenvalue weighted by atomic mass is 16.5. The number of pyridine rings is 1. The zero-order valence-electron chi connectivity index (χ0n) is 7.66. The predicted molar refractivity (Wildman–Crippen MR) is 48.3 cm³/mol. The molecule has 1 aliphatic heterocycles. The van der Waals surface area contributed by atoms with E-state index in [1.165, 1.54) is 5.56 Å². The van der Waals surface area contributed by atoms with Crippen molar-refractivity contribution in [2.24, 2.45) is 0 Å². The summed E-state index contributed by atoms with van der Waals surface area (Å²) in [5.41, 5.74) is 2.05. The lowest BCUT2D eigenvalue weighted by Gasteiger charge is -2.38. The molecule has 2 heterocycles. The standard InChI is InChI=1S/C10H13NO2/c1-10(6-13-7-10)8-2-3-9(5-12)11-4-8/h2-4,12H,5-7H2,1H3. The van der Waals surface area contributed by atoms with Gasteiger partial charge in [0.15, 0.2) is 0 Å². The average molecular weight is 179 g/mol. The minimum atomic E-state index is 0.00743. The van der Waals surface area contributed by atoms with E-state index >= 15 is 0 Å². The Kier molecular flexibility index (Phi) is 2.06. The Labute approximate surface area is 77.4 Å². The summed E-state index contributed by atoms with van der Waals surface area (Å²) in [6, 6.07) is 3.87. The first-order valence-electron chi connectivity index (χ1n) is 4.39. The molecule has 1 aliphatic rings. The van der Waals surface area contributed by atoms with Gasteiger partial charge < -0.3 is 9.84 Å². The van der Waals surface area contributed by atoms with Gasteiger partial charge in [-0.1, -0.05) is 13.0 Å². The van der Waals surface area contributed by atoms with E-state index in [1.54, 1.807) is 0 Å². The summed E-state index contributed by atoms with van der Waals surface area (Å²) in [5.74, 6) is 0. The van der Waals surface area contributed by atoms with Crippen LogP contribution in [0.3, 0.4) is 0 Å². The summed E-state index contributed by atoms with van der Waals surface area (Å²) in [7, 11) is 0.